The summed E-state index contributed by atoms with van der Waals surface area (Å²) in [5.74, 6) is 0.957. The van der Waals surface area contributed by atoms with Crippen molar-refractivity contribution in [3.8, 4) is 0 Å². The molecule has 80 valence electrons. The monoisotopic (exact) mass is 199 g/mol. The van der Waals surface area contributed by atoms with Gasteiger partial charge in [-0.2, -0.15) is 4.98 Å². The van der Waals surface area contributed by atoms with Crippen LogP contribution in [0.2, 0.25) is 0 Å². The van der Waals surface area contributed by atoms with Crippen LogP contribution in [0, 0.1) is 0 Å². The molecule has 0 amide bonds. The van der Waals surface area contributed by atoms with Crippen LogP contribution in [0.3, 0.4) is 0 Å². The largest absolute Gasteiger partial charge is 0.396 e. The highest BCUT2D eigenvalue weighted by Gasteiger charge is 2.26. The summed E-state index contributed by atoms with van der Waals surface area (Å²) < 4.78 is 5.04. The Morgan fingerprint density at radius 2 is 2.29 bits per heavy atom. The van der Waals surface area contributed by atoms with Crippen LogP contribution in [0.4, 0.5) is 0 Å². The third-order valence-corrected chi connectivity index (χ3v) is 2.06. The maximum atomic E-state index is 8.68. The molecule has 1 aromatic rings. The summed E-state index contributed by atoms with van der Waals surface area (Å²) in [6, 6.07) is 0. The molecule has 0 aliphatic rings. The second-order valence-corrected chi connectivity index (χ2v) is 3.66. The highest BCUT2D eigenvalue weighted by molar-refractivity contribution is 4.99. The van der Waals surface area contributed by atoms with Gasteiger partial charge < -0.3 is 15.4 Å². The maximum absolute atomic E-state index is 8.68. The average molecular weight is 199 g/mol. The van der Waals surface area contributed by atoms with Gasteiger partial charge in [0.25, 0.3) is 0 Å². The molecule has 14 heavy (non-hydrogen) atoms. The van der Waals surface area contributed by atoms with Crippen molar-refractivity contribution in [1.29, 1.82) is 0 Å². The summed E-state index contributed by atoms with van der Waals surface area (Å²) in [6.45, 7) is 3.94. The van der Waals surface area contributed by atoms with Crippen molar-refractivity contribution >= 4 is 0 Å². The highest BCUT2D eigenvalue weighted by atomic mass is 16.5. The van der Waals surface area contributed by atoms with Crippen molar-refractivity contribution < 1.29 is 9.63 Å². The molecule has 1 heterocycles. The van der Waals surface area contributed by atoms with Crippen molar-refractivity contribution in [3.05, 3.63) is 11.7 Å². The van der Waals surface area contributed by atoms with Crippen LogP contribution >= 0.6 is 0 Å². The Hall–Kier alpha value is -0.940. The molecule has 0 aliphatic heterocycles. The summed E-state index contributed by atoms with van der Waals surface area (Å²) in [5.41, 5.74) is 5.44. The van der Waals surface area contributed by atoms with E-state index in [1.807, 2.05) is 6.92 Å². The zero-order chi connectivity index (χ0) is 10.6. The standard InChI is InChI=1S/C9H17N3O2/c1-3-5-9(2,10)8-11-7(4-6-13)12-14-8/h13H,3-6,10H2,1-2H3. The van der Waals surface area contributed by atoms with E-state index in [0.29, 0.717) is 18.1 Å². The van der Waals surface area contributed by atoms with Gasteiger partial charge in [0.2, 0.25) is 5.89 Å². The normalized spacial score (nSPS) is 15.4. The second-order valence-electron chi connectivity index (χ2n) is 3.66. The first kappa shape index (κ1) is 11.1. The number of nitrogens with two attached hydrogens (primary N) is 1. The summed E-state index contributed by atoms with van der Waals surface area (Å²) in [4.78, 5) is 4.13. The molecule has 0 aliphatic carbocycles. The Labute approximate surface area is 83.3 Å². The minimum atomic E-state index is -0.560. The van der Waals surface area contributed by atoms with Crippen LogP contribution in [-0.4, -0.2) is 21.9 Å². The Morgan fingerprint density at radius 3 is 2.86 bits per heavy atom. The van der Waals surface area contributed by atoms with Crippen molar-refractivity contribution in [1.82, 2.24) is 10.1 Å². The van der Waals surface area contributed by atoms with Gasteiger partial charge in [-0.05, 0) is 13.3 Å². The highest BCUT2D eigenvalue weighted by Crippen LogP contribution is 2.21. The van der Waals surface area contributed by atoms with Crippen LogP contribution in [-0.2, 0) is 12.0 Å². The van der Waals surface area contributed by atoms with Gasteiger partial charge in [0.05, 0.1) is 12.1 Å². The Kier molecular flexibility index (Phi) is 3.60. The summed E-state index contributed by atoms with van der Waals surface area (Å²) >= 11 is 0. The molecular formula is C9H17N3O2. The Bertz CT molecular complexity index is 283. The van der Waals surface area contributed by atoms with Gasteiger partial charge in [-0.1, -0.05) is 18.5 Å². The van der Waals surface area contributed by atoms with Gasteiger partial charge in [-0.15, -0.1) is 0 Å². The fraction of sp³-hybridized carbons (Fsp3) is 0.778. The number of aliphatic hydroxyl groups excluding tert-OH is 1. The fourth-order valence-electron chi connectivity index (χ4n) is 1.31. The van der Waals surface area contributed by atoms with Gasteiger partial charge in [0.15, 0.2) is 5.82 Å². The van der Waals surface area contributed by atoms with Gasteiger partial charge in [0.1, 0.15) is 0 Å². The molecule has 1 rings (SSSR count). The quantitative estimate of drug-likeness (QED) is 0.724. The van der Waals surface area contributed by atoms with E-state index < -0.39 is 5.54 Å². The van der Waals surface area contributed by atoms with Gasteiger partial charge in [-0.3, -0.25) is 0 Å². The third kappa shape index (κ3) is 2.52. The molecule has 1 unspecified atom stereocenters. The Morgan fingerprint density at radius 1 is 1.57 bits per heavy atom. The van der Waals surface area contributed by atoms with E-state index in [9.17, 15) is 0 Å². The first-order valence-electron chi connectivity index (χ1n) is 4.83. The molecule has 0 radical (unpaired) electrons. The van der Waals surface area contributed by atoms with Gasteiger partial charge in [-0.25, -0.2) is 0 Å². The topological polar surface area (TPSA) is 85.2 Å². The predicted molar refractivity (Wildman–Crippen MR) is 51.5 cm³/mol. The molecule has 0 saturated heterocycles. The molecule has 1 aromatic heterocycles. The second kappa shape index (κ2) is 4.52. The number of aliphatic hydroxyl groups is 1. The van der Waals surface area contributed by atoms with Crippen LogP contribution in [0.15, 0.2) is 4.52 Å². The lowest BCUT2D eigenvalue weighted by Crippen LogP contribution is -2.33. The van der Waals surface area contributed by atoms with Crippen LogP contribution in [0.25, 0.3) is 0 Å². The summed E-state index contributed by atoms with van der Waals surface area (Å²) in [5, 5.41) is 12.4. The van der Waals surface area contributed by atoms with Crippen molar-refractivity contribution in [2.24, 2.45) is 5.73 Å². The minimum Gasteiger partial charge on any atom is -0.396 e. The molecular weight excluding hydrogens is 182 g/mol. The lowest BCUT2D eigenvalue weighted by atomic mass is 9.98. The Balaban J connectivity index is 2.74. The molecule has 0 spiro atoms. The SMILES string of the molecule is CCCC(C)(N)c1nc(CCO)no1. The van der Waals surface area contributed by atoms with Crippen molar-refractivity contribution in [2.75, 3.05) is 6.61 Å². The molecule has 5 heteroatoms. The summed E-state index contributed by atoms with van der Waals surface area (Å²) in [6.07, 6.45) is 2.17. The van der Waals surface area contributed by atoms with Crippen molar-refractivity contribution in [2.45, 2.75) is 38.6 Å². The molecule has 3 N–H and O–H groups in total. The average Bonchev–Trinajstić information content (AvgIpc) is 2.54. The molecule has 0 fully saturated rings. The van der Waals surface area contributed by atoms with Crippen LogP contribution in [0.5, 0.6) is 0 Å². The maximum Gasteiger partial charge on any atom is 0.246 e. The first-order valence-corrected chi connectivity index (χ1v) is 4.83. The fourth-order valence-corrected chi connectivity index (χ4v) is 1.31. The van der Waals surface area contributed by atoms with Crippen molar-refractivity contribution in [3.63, 3.8) is 0 Å². The lowest BCUT2D eigenvalue weighted by molar-refractivity contribution is 0.277. The molecule has 0 aromatic carbocycles. The number of hydrogen-bond donors (Lipinski definition) is 2. The van der Waals surface area contributed by atoms with E-state index in [-0.39, 0.29) is 6.61 Å². The van der Waals surface area contributed by atoms with Gasteiger partial charge in [0, 0.05) is 6.42 Å². The zero-order valence-corrected chi connectivity index (χ0v) is 8.66. The smallest absolute Gasteiger partial charge is 0.246 e. The number of rotatable bonds is 5. The first-order chi connectivity index (χ1) is 6.60. The van der Waals surface area contributed by atoms with E-state index in [0.717, 1.165) is 12.8 Å². The predicted octanol–water partition coefficient (Wildman–Crippen LogP) is 0.578. The van der Waals surface area contributed by atoms with E-state index in [4.69, 9.17) is 15.4 Å². The van der Waals surface area contributed by atoms with E-state index in [1.165, 1.54) is 0 Å². The third-order valence-electron chi connectivity index (χ3n) is 2.06. The lowest BCUT2D eigenvalue weighted by Gasteiger charge is -2.18. The van der Waals surface area contributed by atoms with E-state index in [2.05, 4.69) is 17.1 Å². The number of nitrogens with zero attached hydrogens (tertiary/aromatic N) is 2. The van der Waals surface area contributed by atoms with E-state index in [1.54, 1.807) is 0 Å². The van der Waals surface area contributed by atoms with Crippen LogP contribution in [0.1, 0.15) is 38.4 Å². The van der Waals surface area contributed by atoms with Crippen LogP contribution < -0.4 is 5.73 Å². The molecule has 0 bridgehead atoms. The number of hydrogen-bond acceptors (Lipinski definition) is 5. The molecule has 5 nitrogen and oxygen atoms in total. The van der Waals surface area contributed by atoms with Gasteiger partial charge >= 0.3 is 0 Å². The van der Waals surface area contributed by atoms with E-state index >= 15 is 0 Å². The number of aromatic nitrogens is 2. The minimum absolute atomic E-state index is 0.0219. The molecule has 0 saturated carbocycles. The summed E-state index contributed by atoms with van der Waals surface area (Å²) in [7, 11) is 0. The molecule has 1 atom stereocenters. The zero-order valence-electron chi connectivity index (χ0n) is 8.66.